The maximum Gasteiger partial charge on any atom is 0.102 e. The molecule has 0 atom stereocenters. The summed E-state index contributed by atoms with van der Waals surface area (Å²) in [6.07, 6.45) is 0. The van der Waals surface area contributed by atoms with Crippen LogP contribution in [0, 0.1) is 0 Å². The Morgan fingerprint density at radius 1 is 1.09 bits per heavy atom. The Kier molecular flexibility index (Phi) is 5.16. The van der Waals surface area contributed by atoms with E-state index in [1.807, 2.05) is 0 Å². The van der Waals surface area contributed by atoms with Crippen LogP contribution in [0.1, 0.15) is 5.56 Å². The summed E-state index contributed by atoms with van der Waals surface area (Å²) >= 11 is 0. The summed E-state index contributed by atoms with van der Waals surface area (Å²) in [5, 5.41) is 0. The Morgan fingerprint density at radius 3 is 2.09 bits per heavy atom. The molecule has 0 bridgehead atoms. The number of hydrogen-bond donors (Lipinski definition) is 1. The summed E-state index contributed by atoms with van der Waals surface area (Å²) in [5.41, 5.74) is 1.41. The third-order valence-corrected chi connectivity index (χ3v) is 1.40. The average Bonchev–Trinajstić information content (AvgIpc) is 1.88. The summed E-state index contributed by atoms with van der Waals surface area (Å²) in [7, 11) is 4.32. The van der Waals surface area contributed by atoms with E-state index in [0.717, 1.165) is 6.54 Å². The van der Waals surface area contributed by atoms with Crippen LogP contribution in [0.5, 0.6) is 0 Å². The lowest BCUT2D eigenvalue weighted by Crippen LogP contribution is -3.04. The number of quaternary nitrogens is 1. The molecule has 1 aromatic carbocycles. The minimum absolute atomic E-state index is 0. The minimum atomic E-state index is 0. The van der Waals surface area contributed by atoms with Crippen molar-refractivity contribution in [3.05, 3.63) is 35.9 Å². The molecule has 0 saturated carbocycles. The Hall–Kier alpha value is -0.340. The fraction of sp³-hybridized carbons (Fsp3) is 0.333. The SMILES string of the molecule is C[NH+](C)Cc1ccccc1.[Br-]. The van der Waals surface area contributed by atoms with Crippen LogP contribution >= 0.6 is 0 Å². The fourth-order valence-electron chi connectivity index (χ4n) is 1.00. The highest BCUT2D eigenvalue weighted by molar-refractivity contribution is 5.12. The molecule has 62 valence electrons. The first-order valence-corrected chi connectivity index (χ1v) is 3.62. The van der Waals surface area contributed by atoms with Crippen LogP contribution in [0.15, 0.2) is 30.3 Å². The van der Waals surface area contributed by atoms with Gasteiger partial charge in [-0.3, -0.25) is 0 Å². The monoisotopic (exact) mass is 215 g/mol. The zero-order valence-electron chi connectivity index (χ0n) is 6.97. The first-order valence-electron chi connectivity index (χ1n) is 3.62. The van der Waals surface area contributed by atoms with Crippen LogP contribution in [0.25, 0.3) is 0 Å². The third kappa shape index (κ3) is 4.17. The van der Waals surface area contributed by atoms with Gasteiger partial charge in [0.15, 0.2) is 0 Å². The molecule has 1 aromatic rings. The Morgan fingerprint density at radius 2 is 1.64 bits per heavy atom. The van der Waals surface area contributed by atoms with Crippen molar-refractivity contribution >= 4 is 0 Å². The van der Waals surface area contributed by atoms with Crippen molar-refractivity contribution in [2.24, 2.45) is 0 Å². The van der Waals surface area contributed by atoms with Gasteiger partial charge in [0, 0.05) is 5.56 Å². The van der Waals surface area contributed by atoms with E-state index in [-0.39, 0.29) is 17.0 Å². The molecule has 0 aliphatic carbocycles. The molecule has 0 saturated heterocycles. The Labute approximate surface area is 78.8 Å². The van der Waals surface area contributed by atoms with Gasteiger partial charge in [-0.25, -0.2) is 0 Å². The van der Waals surface area contributed by atoms with E-state index in [4.69, 9.17) is 0 Å². The highest BCUT2D eigenvalue weighted by Gasteiger charge is 1.93. The Bertz CT molecular complexity index is 184. The van der Waals surface area contributed by atoms with E-state index in [9.17, 15) is 0 Å². The van der Waals surface area contributed by atoms with E-state index >= 15 is 0 Å². The highest BCUT2D eigenvalue weighted by atomic mass is 79.9. The number of benzene rings is 1. The largest absolute Gasteiger partial charge is 1.00 e. The first-order chi connectivity index (χ1) is 4.79. The summed E-state index contributed by atoms with van der Waals surface area (Å²) in [6, 6.07) is 10.5. The predicted molar refractivity (Wildman–Crippen MR) is 43.0 cm³/mol. The van der Waals surface area contributed by atoms with Gasteiger partial charge in [0.2, 0.25) is 0 Å². The van der Waals surface area contributed by atoms with E-state index in [1.165, 1.54) is 10.5 Å². The van der Waals surface area contributed by atoms with Crippen molar-refractivity contribution in [2.45, 2.75) is 6.54 Å². The normalized spacial score (nSPS) is 9.36. The van der Waals surface area contributed by atoms with E-state index in [0.29, 0.717) is 0 Å². The standard InChI is InChI=1S/C9H13N.BrH/c1-10(2)8-9-6-4-3-5-7-9;/h3-7H,8H2,1-2H3;1H. The lowest BCUT2D eigenvalue weighted by molar-refractivity contribution is -0.872. The smallest absolute Gasteiger partial charge is 0.102 e. The van der Waals surface area contributed by atoms with Crippen LogP contribution in [-0.2, 0) is 6.54 Å². The maximum absolute atomic E-state index is 2.16. The zero-order valence-corrected chi connectivity index (χ0v) is 8.56. The van der Waals surface area contributed by atoms with Crippen molar-refractivity contribution in [3.8, 4) is 0 Å². The number of nitrogens with one attached hydrogen (secondary N) is 1. The molecule has 0 fully saturated rings. The van der Waals surface area contributed by atoms with Gasteiger partial charge in [-0.2, -0.15) is 0 Å². The number of halogens is 1. The van der Waals surface area contributed by atoms with Crippen molar-refractivity contribution in [2.75, 3.05) is 14.1 Å². The topological polar surface area (TPSA) is 4.44 Å². The van der Waals surface area contributed by atoms with Gasteiger partial charge in [0.25, 0.3) is 0 Å². The zero-order chi connectivity index (χ0) is 7.40. The summed E-state index contributed by atoms with van der Waals surface area (Å²) in [6.45, 7) is 1.11. The van der Waals surface area contributed by atoms with Crippen molar-refractivity contribution in [3.63, 3.8) is 0 Å². The third-order valence-electron chi connectivity index (χ3n) is 1.40. The van der Waals surface area contributed by atoms with Gasteiger partial charge in [-0.15, -0.1) is 0 Å². The minimum Gasteiger partial charge on any atom is -1.00 e. The summed E-state index contributed by atoms with van der Waals surface area (Å²) < 4.78 is 0. The summed E-state index contributed by atoms with van der Waals surface area (Å²) in [5.74, 6) is 0. The van der Waals surface area contributed by atoms with Gasteiger partial charge in [0.1, 0.15) is 6.54 Å². The number of hydrogen-bond acceptors (Lipinski definition) is 0. The van der Waals surface area contributed by atoms with Crippen molar-refractivity contribution in [1.82, 2.24) is 0 Å². The van der Waals surface area contributed by atoms with Gasteiger partial charge in [-0.1, -0.05) is 30.3 Å². The molecule has 0 amide bonds. The molecular formula is C9H14BrN. The second-order valence-electron chi connectivity index (χ2n) is 2.87. The molecule has 0 radical (unpaired) electrons. The molecule has 0 unspecified atom stereocenters. The lowest BCUT2D eigenvalue weighted by Gasteiger charge is -2.05. The second-order valence-corrected chi connectivity index (χ2v) is 2.87. The summed E-state index contributed by atoms with van der Waals surface area (Å²) in [4.78, 5) is 1.46. The second kappa shape index (κ2) is 5.33. The van der Waals surface area contributed by atoms with Crippen molar-refractivity contribution < 1.29 is 21.9 Å². The molecule has 1 N–H and O–H groups in total. The molecular weight excluding hydrogens is 202 g/mol. The van der Waals surface area contributed by atoms with Gasteiger partial charge in [0.05, 0.1) is 14.1 Å². The van der Waals surface area contributed by atoms with Crippen LogP contribution in [-0.4, -0.2) is 14.1 Å². The fourth-order valence-corrected chi connectivity index (χ4v) is 1.00. The van der Waals surface area contributed by atoms with Crippen LogP contribution < -0.4 is 21.9 Å². The van der Waals surface area contributed by atoms with Crippen LogP contribution in [0.4, 0.5) is 0 Å². The molecule has 0 aromatic heterocycles. The van der Waals surface area contributed by atoms with Crippen molar-refractivity contribution in [1.29, 1.82) is 0 Å². The van der Waals surface area contributed by atoms with Gasteiger partial charge >= 0.3 is 0 Å². The molecule has 0 heterocycles. The van der Waals surface area contributed by atoms with E-state index in [2.05, 4.69) is 44.4 Å². The molecule has 0 spiro atoms. The molecule has 2 heteroatoms. The molecule has 11 heavy (non-hydrogen) atoms. The molecule has 0 aliphatic rings. The lowest BCUT2D eigenvalue weighted by atomic mass is 10.2. The average molecular weight is 216 g/mol. The maximum atomic E-state index is 2.16. The highest BCUT2D eigenvalue weighted by Crippen LogP contribution is 1.94. The van der Waals surface area contributed by atoms with Gasteiger partial charge in [-0.05, 0) is 0 Å². The quantitative estimate of drug-likeness (QED) is 0.550. The van der Waals surface area contributed by atoms with E-state index < -0.39 is 0 Å². The molecule has 1 nitrogen and oxygen atoms in total. The van der Waals surface area contributed by atoms with Crippen LogP contribution in [0.3, 0.4) is 0 Å². The van der Waals surface area contributed by atoms with E-state index in [1.54, 1.807) is 0 Å². The Balaban J connectivity index is 0.000001000. The predicted octanol–water partition coefficient (Wildman–Crippen LogP) is -2.66. The molecule has 1 rings (SSSR count). The molecule has 0 aliphatic heterocycles. The van der Waals surface area contributed by atoms with Gasteiger partial charge < -0.3 is 21.9 Å². The van der Waals surface area contributed by atoms with Crippen LogP contribution in [0.2, 0.25) is 0 Å². The first kappa shape index (κ1) is 10.7. The number of rotatable bonds is 2.